The lowest BCUT2D eigenvalue weighted by Gasteiger charge is -2.11. The van der Waals surface area contributed by atoms with E-state index in [9.17, 15) is 17.6 Å². The third kappa shape index (κ3) is 2.83. The number of halogens is 1. The number of ether oxygens (including phenoxy) is 1. The van der Waals surface area contributed by atoms with Gasteiger partial charge in [-0.15, -0.1) is 0 Å². The maximum Gasteiger partial charge on any atom is 0.328 e. The first-order chi connectivity index (χ1) is 11.8. The van der Waals surface area contributed by atoms with E-state index in [0.29, 0.717) is 5.56 Å². The molecule has 1 fully saturated rings. The van der Waals surface area contributed by atoms with E-state index < -0.39 is 38.3 Å². The molecule has 7 heteroatoms. The van der Waals surface area contributed by atoms with Crippen LogP contribution in [0.1, 0.15) is 18.4 Å². The first kappa shape index (κ1) is 17.6. The number of carbonyl (C=O) groups excluding carboxylic acids is 1. The van der Waals surface area contributed by atoms with Crippen molar-refractivity contribution in [2.24, 2.45) is 5.73 Å². The van der Waals surface area contributed by atoms with Crippen LogP contribution in [0.15, 0.2) is 59.5 Å². The van der Waals surface area contributed by atoms with E-state index >= 15 is 0 Å². The van der Waals surface area contributed by atoms with Crippen molar-refractivity contribution in [3.63, 3.8) is 0 Å². The maximum absolute atomic E-state index is 13.2. The standard InChI is InChI=1S/C18H18FNO4S/c1-2-24-17(21)18(20)15(12-8-10-13(19)11-9-12)16(18)25(22,23)14-6-4-3-5-7-14/h3-11,15-16H,2,20H2,1H3/t15-,16+,18+/m1/s1. The van der Waals surface area contributed by atoms with E-state index in [1.54, 1.807) is 25.1 Å². The van der Waals surface area contributed by atoms with Gasteiger partial charge in [-0.1, -0.05) is 30.3 Å². The number of sulfone groups is 1. The highest BCUT2D eigenvalue weighted by Crippen LogP contribution is 2.56. The van der Waals surface area contributed by atoms with E-state index in [0.717, 1.165) is 0 Å². The van der Waals surface area contributed by atoms with Gasteiger partial charge in [0, 0.05) is 5.92 Å². The average Bonchev–Trinajstić information content (AvgIpc) is 3.25. The van der Waals surface area contributed by atoms with Crippen molar-refractivity contribution in [1.82, 2.24) is 0 Å². The molecule has 0 heterocycles. The molecule has 2 N–H and O–H groups in total. The Balaban J connectivity index is 2.06. The summed E-state index contributed by atoms with van der Waals surface area (Å²) in [7, 11) is -3.86. The highest BCUT2D eigenvalue weighted by atomic mass is 32.2. The Morgan fingerprint density at radius 2 is 1.76 bits per heavy atom. The molecule has 0 saturated heterocycles. The van der Waals surface area contributed by atoms with E-state index in [1.165, 1.54) is 36.4 Å². The molecule has 3 rings (SSSR count). The van der Waals surface area contributed by atoms with E-state index in [1.807, 2.05) is 0 Å². The van der Waals surface area contributed by atoms with Crippen molar-refractivity contribution in [3.8, 4) is 0 Å². The Labute approximate surface area is 145 Å². The summed E-state index contributed by atoms with van der Waals surface area (Å²) in [4.78, 5) is 12.5. The zero-order chi connectivity index (χ0) is 18.2. The molecule has 0 unspecified atom stereocenters. The molecule has 0 aromatic heterocycles. The normalized spacial score (nSPS) is 25.4. The van der Waals surface area contributed by atoms with Gasteiger partial charge in [-0.3, -0.25) is 0 Å². The third-order valence-electron chi connectivity index (χ3n) is 4.44. The van der Waals surface area contributed by atoms with Crippen LogP contribution in [0.5, 0.6) is 0 Å². The maximum atomic E-state index is 13.2. The van der Waals surface area contributed by atoms with E-state index in [-0.39, 0.29) is 11.5 Å². The average molecular weight is 363 g/mol. The first-order valence-electron chi connectivity index (χ1n) is 7.84. The van der Waals surface area contributed by atoms with Crippen LogP contribution in [0, 0.1) is 5.82 Å². The van der Waals surface area contributed by atoms with Crippen LogP contribution in [0.25, 0.3) is 0 Å². The van der Waals surface area contributed by atoms with Gasteiger partial charge in [0.25, 0.3) is 0 Å². The summed E-state index contributed by atoms with van der Waals surface area (Å²) >= 11 is 0. The number of hydrogen-bond donors (Lipinski definition) is 1. The molecule has 2 aromatic carbocycles. The van der Waals surface area contributed by atoms with Gasteiger partial charge in [-0.2, -0.15) is 0 Å². The second kappa shape index (κ2) is 6.24. The van der Waals surface area contributed by atoms with Crippen molar-refractivity contribution in [2.75, 3.05) is 6.61 Å². The largest absolute Gasteiger partial charge is 0.465 e. The summed E-state index contributed by atoms with van der Waals surface area (Å²) in [5.41, 5.74) is 5.01. The Morgan fingerprint density at radius 3 is 2.32 bits per heavy atom. The van der Waals surface area contributed by atoms with E-state index in [4.69, 9.17) is 10.5 Å². The summed E-state index contributed by atoms with van der Waals surface area (Å²) in [6.45, 7) is 1.71. The molecular formula is C18H18FNO4S. The van der Waals surface area contributed by atoms with Crippen LogP contribution >= 0.6 is 0 Å². The molecule has 0 aliphatic heterocycles. The molecule has 25 heavy (non-hydrogen) atoms. The predicted octanol–water partition coefficient (Wildman–Crippen LogP) is 2.03. The minimum absolute atomic E-state index is 0.0868. The fourth-order valence-corrected chi connectivity index (χ4v) is 5.43. The van der Waals surface area contributed by atoms with Crippen molar-refractivity contribution in [2.45, 2.75) is 28.5 Å². The van der Waals surface area contributed by atoms with Crippen LogP contribution < -0.4 is 5.73 Å². The van der Waals surface area contributed by atoms with Gasteiger partial charge in [-0.25, -0.2) is 17.6 Å². The number of benzene rings is 2. The smallest absolute Gasteiger partial charge is 0.328 e. The number of carbonyl (C=O) groups is 1. The minimum Gasteiger partial charge on any atom is -0.465 e. The van der Waals surface area contributed by atoms with Gasteiger partial charge in [0.2, 0.25) is 0 Å². The highest BCUT2D eigenvalue weighted by molar-refractivity contribution is 7.92. The molecule has 0 bridgehead atoms. The molecule has 5 nitrogen and oxygen atoms in total. The van der Waals surface area contributed by atoms with Gasteiger partial charge in [0.15, 0.2) is 9.84 Å². The molecule has 2 aromatic rings. The molecule has 0 radical (unpaired) electrons. The van der Waals surface area contributed by atoms with Gasteiger partial charge >= 0.3 is 5.97 Å². The van der Waals surface area contributed by atoms with Crippen LogP contribution in [0.4, 0.5) is 4.39 Å². The summed E-state index contributed by atoms with van der Waals surface area (Å²) in [6.07, 6.45) is 0. The summed E-state index contributed by atoms with van der Waals surface area (Å²) in [6, 6.07) is 13.1. The molecule has 1 aliphatic carbocycles. The number of nitrogens with two attached hydrogens (primary N) is 1. The second-order valence-corrected chi connectivity index (χ2v) is 8.03. The summed E-state index contributed by atoms with van der Waals surface area (Å²) in [5.74, 6) is -2.02. The fourth-order valence-electron chi connectivity index (χ4n) is 3.19. The monoisotopic (exact) mass is 363 g/mol. The molecule has 132 valence electrons. The van der Waals surface area contributed by atoms with Crippen LogP contribution in [-0.4, -0.2) is 31.8 Å². The molecule has 1 saturated carbocycles. The van der Waals surface area contributed by atoms with Crippen molar-refractivity contribution in [1.29, 1.82) is 0 Å². The Hall–Kier alpha value is -2.25. The molecule has 1 aliphatic rings. The number of rotatable bonds is 5. The highest BCUT2D eigenvalue weighted by Gasteiger charge is 2.74. The Morgan fingerprint density at radius 1 is 1.16 bits per heavy atom. The Bertz CT molecular complexity index is 883. The van der Waals surface area contributed by atoms with Gasteiger partial charge in [0.1, 0.15) is 16.6 Å². The quantitative estimate of drug-likeness (QED) is 0.822. The fraction of sp³-hybridized carbons (Fsp3) is 0.278. The van der Waals surface area contributed by atoms with Crippen LogP contribution in [-0.2, 0) is 19.4 Å². The van der Waals surface area contributed by atoms with Crippen molar-refractivity contribution in [3.05, 3.63) is 66.0 Å². The van der Waals surface area contributed by atoms with Gasteiger partial charge in [0.05, 0.1) is 11.5 Å². The van der Waals surface area contributed by atoms with Crippen molar-refractivity contribution < 1.29 is 22.3 Å². The predicted molar refractivity (Wildman–Crippen MR) is 90.1 cm³/mol. The van der Waals surface area contributed by atoms with E-state index in [2.05, 4.69) is 0 Å². The summed E-state index contributed by atoms with van der Waals surface area (Å²) < 4.78 is 44.2. The molecular weight excluding hydrogens is 345 g/mol. The lowest BCUT2D eigenvalue weighted by molar-refractivity contribution is -0.145. The lowest BCUT2D eigenvalue weighted by atomic mass is 10.1. The zero-order valence-corrected chi connectivity index (χ0v) is 14.4. The topological polar surface area (TPSA) is 86.5 Å². The van der Waals surface area contributed by atoms with Gasteiger partial charge in [-0.05, 0) is 36.8 Å². The first-order valence-corrected chi connectivity index (χ1v) is 9.38. The Kier molecular flexibility index (Phi) is 4.38. The number of esters is 1. The van der Waals surface area contributed by atoms with Crippen molar-refractivity contribution >= 4 is 15.8 Å². The summed E-state index contributed by atoms with van der Waals surface area (Å²) in [5, 5.41) is -1.16. The molecule has 0 spiro atoms. The minimum atomic E-state index is -3.86. The van der Waals surface area contributed by atoms with Crippen LogP contribution in [0.2, 0.25) is 0 Å². The lowest BCUT2D eigenvalue weighted by Crippen LogP contribution is -2.41. The number of hydrogen-bond acceptors (Lipinski definition) is 5. The SMILES string of the molecule is CCOC(=O)[C@]1(N)[C@H](c2ccc(F)cc2)[C@@H]1S(=O)(=O)c1ccccc1. The second-order valence-electron chi connectivity index (χ2n) is 5.96. The third-order valence-corrected chi connectivity index (χ3v) is 6.70. The zero-order valence-electron chi connectivity index (χ0n) is 13.6. The molecule has 3 atom stereocenters. The molecule has 0 amide bonds. The van der Waals surface area contributed by atoms with Crippen LogP contribution in [0.3, 0.4) is 0 Å². The van der Waals surface area contributed by atoms with Gasteiger partial charge < -0.3 is 10.5 Å².